The lowest BCUT2D eigenvalue weighted by molar-refractivity contribution is -0.142. The maximum Gasteiger partial charge on any atom is 0.418 e. The van der Waals surface area contributed by atoms with E-state index in [1.165, 1.54) is 6.92 Å². The van der Waals surface area contributed by atoms with Crippen LogP contribution in [0.1, 0.15) is 34.9 Å². The monoisotopic (exact) mass is 503 g/mol. The van der Waals surface area contributed by atoms with E-state index >= 15 is 0 Å². The van der Waals surface area contributed by atoms with Crippen molar-refractivity contribution in [1.29, 1.82) is 0 Å². The Morgan fingerprint density at radius 1 is 1.16 bits per heavy atom. The van der Waals surface area contributed by atoms with E-state index in [0.717, 1.165) is 17.2 Å². The van der Waals surface area contributed by atoms with Crippen LogP contribution in [-0.2, 0) is 26.7 Å². The van der Waals surface area contributed by atoms with E-state index in [9.17, 15) is 34.8 Å². The summed E-state index contributed by atoms with van der Waals surface area (Å²) in [6.45, 7) is 0.995. The standard InChI is InChI=1S/C18H16ClF6N3O3S/c1-9-26-15(19)14-10(8-31-32(2,29)30)5-6-28(16(14)27-9)13-4-3-11(17(20,21)22)7-12(13)18(23,24)25/h3-4,7,10H,5-6,8H2,1-2H3/t10-/m0/s1. The quantitative estimate of drug-likeness (QED) is 0.329. The SMILES string of the molecule is Cc1nc(Cl)c2c(n1)N(c1ccc(C(F)(F)F)cc1C(F)(F)F)CC[C@H]2COS(C)(=O)=O. The molecule has 2 heterocycles. The molecule has 0 amide bonds. The minimum absolute atomic E-state index is 0.0452. The topological polar surface area (TPSA) is 72.4 Å². The molecule has 0 unspecified atom stereocenters. The summed E-state index contributed by atoms with van der Waals surface area (Å²) >= 11 is 6.21. The zero-order chi connectivity index (χ0) is 24.1. The van der Waals surface area contributed by atoms with E-state index in [1.807, 2.05) is 0 Å². The van der Waals surface area contributed by atoms with Crippen LogP contribution in [-0.4, -0.2) is 37.8 Å². The van der Waals surface area contributed by atoms with Gasteiger partial charge >= 0.3 is 12.4 Å². The van der Waals surface area contributed by atoms with Gasteiger partial charge in [0.05, 0.1) is 29.7 Å². The molecule has 0 bridgehead atoms. The van der Waals surface area contributed by atoms with Crippen molar-refractivity contribution >= 4 is 33.2 Å². The largest absolute Gasteiger partial charge is 0.418 e. The van der Waals surface area contributed by atoms with E-state index in [1.54, 1.807) is 0 Å². The molecule has 1 aliphatic heterocycles. The average Bonchev–Trinajstić information content (AvgIpc) is 2.63. The summed E-state index contributed by atoms with van der Waals surface area (Å²) in [7, 11) is -3.81. The summed E-state index contributed by atoms with van der Waals surface area (Å²) in [6, 6.07) is 1.33. The molecule has 1 aromatic heterocycles. The predicted molar refractivity (Wildman–Crippen MR) is 103 cm³/mol. The first-order valence-corrected chi connectivity index (χ1v) is 11.2. The van der Waals surface area contributed by atoms with Crippen LogP contribution in [0.2, 0.25) is 5.15 Å². The van der Waals surface area contributed by atoms with Gasteiger partial charge in [-0.05, 0) is 31.5 Å². The van der Waals surface area contributed by atoms with Crippen molar-refractivity contribution in [3.63, 3.8) is 0 Å². The molecule has 0 aliphatic carbocycles. The van der Waals surface area contributed by atoms with Crippen LogP contribution in [0.3, 0.4) is 0 Å². The Bertz CT molecular complexity index is 1140. The van der Waals surface area contributed by atoms with Gasteiger partial charge in [-0.1, -0.05) is 11.6 Å². The Morgan fingerprint density at radius 3 is 2.38 bits per heavy atom. The number of nitrogens with zero attached hydrogens (tertiary/aromatic N) is 3. The zero-order valence-corrected chi connectivity index (χ0v) is 18.1. The number of fused-ring (bicyclic) bond motifs is 1. The van der Waals surface area contributed by atoms with Gasteiger partial charge < -0.3 is 4.90 Å². The van der Waals surface area contributed by atoms with Gasteiger partial charge in [-0.3, -0.25) is 4.18 Å². The minimum atomic E-state index is -5.08. The number of rotatable bonds is 4. The summed E-state index contributed by atoms with van der Waals surface area (Å²) in [5, 5.41) is -0.111. The van der Waals surface area contributed by atoms with Gasteiger partial charge in [-0.2, -0.15) is 34.8 Å². The smallest absolute Gasteiger partial charge is 0.325 e. The second-order valence-corrected chi connectivity index (χ2v) is 9.15. The highest BCUT2D eigenvalue weighted by Gasteiger charge is 2.41. The number of benzene rings is 1. The van der Waals surface area contributed by atoms with Gasteiger partial charge in [0.15, 0.2) is 0 Å². The van der Waals surface area contributed by atoms with Crippen molar-refractivity contribution in [2.75, 3.05) is 24.3 Å². The molecule has 1 atom stereocenters. The lowest BCUT2D eigenvalue weighted by Crippen LogP contribution is -2.32. The molecule has 1 aromatic carbocycles. The second kappa shape index (κ2) is 8.34. The van der Waals surface area contributed by atoms with Gasteiger partial charge in [-0.15, -0.1) is 0 Å². The Hall–Kier alpha value is -2.12. The van der Waals surface area contributed by atoms with E-state index in [2.05, 4.69) is 9.97 Å². The van der Waals surface area contributed by atoms with Crippen molar-refractivity contribution in [3.05, 3.63) is 45.9 Å². The van der Waals surface area contributed by atoms with Gasteiger partial charge in [0.25, 0.3) is 10.1 Å². The summed E-state index contributed by atoms with van der Waals surface area (Å²) < 4.78 is 108. The molecule has 0 N–H and O–H groups in total. The highest BCUT2D eigenvalue weighted by atomic mass is 35.5. The van der Waals surface area contributed by atoms with E-state index in [-0.39, 0.29) is 48.0 Å². The number of hydrogen-bond acceptors (Lipinski definition) is 6. The first-order chi connectivity index (χ1) is 14.6. The van der Waals surface area contributed by atoms with Crippen LogP contribution >= 0.6 is 11.6 Å². The van der Waals surface area contributed by atoms with Crippen molar-refractivity contribution < 1.29 is 38.9 Å². The molecule has 0 saturated heterocycles. The van der Waals surface area contributed by atoms with Crippen LogP contribution in [0.15, 0.2) is 18.2 Å². The molecule has 0 saturated carbocycles. The minimum Gasteiger partial charge on any atom is -0.325 e. The van der Waals surface area contributed by atoms with Crippen LogP contribution in [0.5, 0.6) is 0 Å². The van der Waals surface area contributed by atoms with E-state index in [4.69, 9.17) is 15.8 Å². The first-order valence-electron chi connectivity index (χ1n) is 9.02. The Labute approximate surface area is 184 Å². The molecule has 14 heteroatoms. The Balaban J connectivity index is 2.15. The fourth-order valence-corrected chi connectivity index (χ4v) is 4.18. The Kier molecular flexibility index (Phi) is 6.39. The van der Waals surface area contributed by atoms with Crippen LogP contribution in [0, 0.1) is 6.92 Å². The maximum atomic E-state index is 13.7. The van der Waals surface area contributed by atoms with Gasteiger partial charge in [0.1, 0.15) is 16.8 Å². The summed E-state index contributed by atoms with van der Waals surface area (Å²) in [4.78, 5) is 9.24. The third kappa shape index (κ3) is 5.26. The highest BCUT2D eigenvalue weighted by molar-refractivity contribution is 7.85. The van der Waals surface area contributed by atoms with Gasteiger partial charge in [0.2, 0.25) is 0 Å². The van der Waals surface area contributed by atoms with Crippen LogP contribution < -0.4 is 4.90 Å². The summed E-state index contributed by atoms with van der Waals surface area (Å²) in [5.41, 5.74) is -3.32. The average molecular weight is 504 g/mol. The highest BCUT2D eigenvalue weighted by Crippen LogP contribution is 2.46. The van der Waals surface area contributed by atoms with Crippen molar-refractivity contribution in [1.82, 2.24) is 9.97 Å². The lowest BCUT2D eigenvalue weighted by Gasteiger charge is -2.36. The van der Waals surface area contributed by atoms with Crippen molar-refractivity contribution in [2.24, 2.45) is 0 Å². The lowest BCUT2D eigenvalue weighted by atomic mass is 9.93. The fourth-order valence-electron chi connectivity index (χ4n) is 3.41. The third-order valence-corrected chi connectivity index (χ3v) is 5.61. The molecule has 0 fully saturated rings. The number of halogens is 7. The fraction of sp³-hybridized carbons (Fsp3) is 0.444. The molecule has 3 rings (SSSR count). The molecule has 0 spiro atoms. The molecular formula is C18H16ClF6N3O3S. The van der Waals surface area contributed by atoms with Crippen molar-refractivity contribution in [3.8, 4) is 0 Å². The molecule has 32 heavy (non-hydrogen) atoms. The molecule has 2 aromatic rings. The number of alkyl halides is 6. The Morgan fingerprint density at radius 2 is 1.81 bits per heavy atom. The second-order valence-electron chi connectivity index (χ2n) is 7.15. The normalized spacial score (nSPS) is 17.4. The number of aromatic nitrogens is 2. The predicted octanol–water partition coefficient (Wildman–Crippen LogP) is 5.08. The number of aryl methyl sites for hydroxylation is 1. The number of anilines is 2. The van der Waals surface area contributed by atoms with Crippen LogP contribution in [0.25, 0.3) is 0 Å². The molecule has 0 radical (unpaired) electrons. The van der Waals surface area contributed by atoms with Gasteiger partial charge in [0, 0.05) is 18.0 Å². The maximum absolute atomic E-state index is 13.7. The molecular weight excluding hydrogens is 488 g/mol. The van der Waals surface area contributed by atoms with E-state index in [0.29, 0.717) is 6.07 Å². The molecule has 6 nitrogen and oxygen atoms in total. The number of hydrogen-bond donors (Lipinski definition) is 0. The third-order valence-electron chi connectivity index (χ3n) is 4.76. The molecule has 176 valence electrons. The summed E-state index contributed by atoms with van der Waals surface area (Å²) in [6.07, 6.45) is -9.12. The van der Waals surface area contributed by atoms with Crippen LogP contribution in [0.4, 0.5) is 37.8 Å². The zero-order valence-electron chi connectivity index (χ0n) is 16.6. The summed E-state index contributed by atoms with van der Waals surface area (Å²) in [5.74, 6) is -0.599. The molecule has 1 aliphatic rings. The van der Waals surface area contributed by atoms with Crippen molar-refractivity contribution in [2.45, 2.75) is 31.6 Å². The van der Waals surface area contributed by atoms with E-state index < -0.39 is 45.2 Å². The first kappa shape index (κ1) is 24.5. The van der Waals surface area contributed by atoms with Gasteiger partial charge in [-0.25, -0.2) is 9.97 Å².